The van der Waals surface area contributed by atoms with Gasteiger partial charge >= 0.3 is 0 Å². The van der Waals surface area contributed by atoms with Crippen molar-refractivity contribution in [3.8, 4) is 11.8 Å². The van der Waals surface area contributed by atoms with Crippen molar-refractivity contribution in [2.75, 3.05) is 39.3 Å². The summed E-state index contributed by atoms with van der Waals surface area (Å²) in [6.07, 6.45) is 4.77. The van der Waals surface area contributed by atoms with Gasteiger partial charge in [-0.25, -0.2) is 9.97 Å². The molecule has 0 aliphatic heterocycles. The molecule has 3 heterocycles. The first-order valence-electron chi connectivity index (χ1n) is 12.5. The average molecular weight is 526 g/mol. The first-order valence-corrected chi connectivity index (χ1v) is 12.5. The molecule has 11 heteroatoms. The smallest absolute Gasteiger partial charge is 0.142 e. The number of rotatable bonds is 13. The SMILES string of the molecule is Cc1ccc(O)c(C=NCCN(CCN=Cc2nc(C)ccc2C#N)CCN=Cc2nc(C)ccc2N=O)n1. The third kappa shape index (κ3) is 9.28. The van der Waals surface area contributed by atoms with E-state index in [0.717, 1.165) is 17.1 Å². The van der Waals surface area contributed by atoms with E-state index in [0.29, 0.717) is 61.9 Å². The van der Waals surface area contributed by atoms with Crippen molar-refractivity contribution in [1.82, 2.24) is 19.9 Å². The Morgan fingerprint density at radius 1 is 0.769 bits per heavy atom. The van der Waals surface area contributed by atoms with Crippen LogP contribution in [-0.4, -0.2) is 82.9 Å². The molecule has 3 aromatic heterocycles. The normalized spacial score (nSPS) is 11.7. The Morgan fingerprint density at radius 2 is 1.26 bits per heavy atom. The number of nitriles is 1. The molecule has 0 spiro atoms. The summed E-state index contributed by atoms with van der Waals surface area (Å²) in [5.41, 5.74) is 4.54. The largest absolute Gasteiger partial charge is 0.506 e. The van der Waals surface area contributed by atoms with E-state index in [1.54, 1.807) is 55.0 Å². The first kappa shape index (κ1) is 28.9. The second-order valence-electron chi connectivity index (χ2n) is 8.75. The van der Waals surface area contributed by atoms with E-state index in [9.17, 15) is 15.3 Å². The van der Waals surface area contributed by atoms with E-state index >= 15 is 0 Å². The number of hydrogen-bond acceptors (Lipinski definition) is 11. The second kappa shape index (κ2) is 14.9. The molecule has 0 radical (unpaired) electrons. The fraction of sp³-hybridized carbons (Fsp3) is 0.321. The van der Waals surface area contributed by atoms with Gasteiger partial charge in [-0.2, -0.15) is 5.26 Å². The molecule has 0 aliphatic rings. The van der Waals surface area contributed by atoms with Crippen molar-refractivity contribution in [1.29, 1.82) is 5.26 Å². The molecule has 3 aromatic rings. The van der Waals surface area contributed by atoms with Crippen molar-refractivity contribution < 1.29 is 5.11 Å². The van der Waals surface area contributed by atoms with Crippen LogP contribution >= 0.6 is 0 Å². The maximum atomic E-state index is 11.0. The summed E-state index contributed by atoms with van der Waals surface area (Å²) in [5.74, 6) is 0.0836. The molecule has 1 N–H and O–H groups in total. The quantitative estimate of drug-likeness (QED) is 0.263. The third-order valence-electron chi connectivity index (χ3n) is 5.64. The molecule has 0 aromatic carbocycles. The maximum Gasteiger partial charge on any atom is 0.142 e. The fourth-order valence-corrected chi connectivity index (χ4v) is 3.56. The molecular formula is C28H31N9O2. The van der Waals surface area contributed by atoms with Gasteiger partial charge in [0.05, 0.1) is 37.1 Å². The predicted octanol–water partition coefficient (Wildman–Crippen LogP) is 3.73. The van der Waals surface area contributed by atoms with Gasteiger partial charge in [0, 0.05) is 49.1 Å². The van der Waals surface area contributed by atoms with Gasteiger partial charge in [-0.05, 0) is 62.3 Å². The number of aromatic nitrogens is 3. The highest BCUT2D eigenvalue weighted by Crippen LogP contribution is 2.15. The van der Waals surface area contributed by atoms with Gasteiger partial charge in [0.15, 0.2) is 0 Å². The predicted molar refractivity (Wildman–Crippen MR) is 153 cm³/mol. The van der Waals surface area contributed by atoms with Gasteiger partial charge < -0.3 is 5.11 Å². The summed E-state index contributed by atoms with van der Waals surface area (Å²) in [7, 11) is 0. The highest BCUT2D eigenvalue weighted by atomic mass is 16.3. The molecule has 0 unspecified atom stereocenters. The third-order valence-corrected chi connectivity index (χ3v) is 5.64. The van der Waals surface area contributed by atoms with Crippen molar-refractivity contribution in [2.45, 2.75) is 20.8 Å². The molecule has 0 amide bonds. The molecule has 200 valence electrons. The van der Waals surface area contributed by atoms with Crippen LogP contribution in [0.1, 0.15) is 39.7 Å². The highest BCUT2D eigenvalue weighted by molar-refractivity contribution is 5.84. The Hall–Kier alpha value is -4.69. The van der Waals surface area contributed by atoms with Crippen molar-refractivity contribution >= 4 is 24.3 Å². The van der Waals surface area contributed by atoms with Crippen LogP contribution in [0, 0.1) is 37.0 Å². The van der Waals surface area contributed by atoms with E-state index < -0.39 is 0 Å². The van der Waals surface area contributed by atoms with Crippen LogP contribution in [0.2, 0.25) is 0 Å². The van der Waals surface area contributed by atoms with E-state index in [1.165, 1.54) is 0 Å². The molecule has 0 saturated carbocycles. The minimum Gasteiger partial charge on any atom is -0.506 e. The number of pyridine rings is 3. The Morgan fingerprint density at radius 3 is 1.85 bits per heavy atom. The van der Waals surface area contributed by atoms with Gasteiger partial charge in [-0.15, -0.1) is 4.91 Å². The van der Waals surface area contributed by atoms with Gasteiger partial charge in [-0.3, -0.25) is 24.9 Å². The standard InChI is InChI=1S/C28H31N9O2/c1-20-4-7-23(16-29)25(33-20)17-30-10-13-37(15-12-32-19-27-28(38)9-6-22(3)35-27)14-11-31-18-26-24(36-39)8-5-21(2)34-26/h4-9,17-19,38H,10-15H2,1-3H3. The van der Waals surface area contributed by atoms with Crippen molar-refractivity contribution in [3.63, 3.8) is 0 Å². The summed E-state index contributed by atoms with van der Waals surface area (Å²) in [6.45, 7) is 8.89. The molecular weight excluding hydrogens is 494 g/mol. The van der Waals surface area contributed by atoms with E-state index in [4.69, 9.17) is 0 Å². The minimum atomic E-state index is 0.0836. The van der Waals surface area contributed by atoms with Gasteiger partial charge in [0.25, 0.3) is 0 Å². The molecule has 0 bridgehead atoms. The molecule has 0 saturated heterocycles. The summed E-state index contributed by atoms with van der Waals surface area (Å²) in [4.78, 5) is 39.6. The zero-order valence-corrected chi connectivity index (χ0v) is 22.3. The highest BCUT2D eigenvalue weighted by Gasteiger charge is 2.06. The molecule has 0 atom stereocenters. The van der Waals surface area contributed by atoms with Crippen LogP contribution in [0.3, 0.4) is 0 Å². The topological polar surface area (TPSA) is 152 Å². The zero-order chi connectivity index (χ0) is 28.0. The summed E-state index contributed by atoms with van der Waals surface area (Å²) >= 11 is 0. The summed E-state index contributed by atoms with van der Waals surface area (Å²) in [6, 6.07) is 12.4. The minimum absolute atomic E-state index is 0.0836. The van der Waals surface area contributed by atoms with Crippen molar-refractivity contribution in [2.24, 2.45) is 20.2 Å². The lowest BCUT2D eigenvalue weighted by atomic mass is 10.2. The Kier molecular flexibility index (Phi) is 11.0. The van der Waals surface area contributed by atoms with Crippen LogP contribution in [0.4, 0.5) is 5.69 Å². The maximum absolute atomic E-state index is 11.0. The number of nitrogens with zero attached hydrogens (tertiary/aromatic N) is 9. The van der Waals surface area contributed by atoms with Crippen LogP contribution in [0.5, 0.6) is 5.75 Å². The van der Waals surface area contributed by atoms with E-state index in [1.807, 2.05) is 20.8 Å². The monoisotopic (exact) mass is 525 g/mol. The lowest BCUT2D eigenvalue weighted by Crippen LogP contribution is -2.31. The Labute approximate surface area is 227 Å². The zero-order valence-electron chi connectivity index (χ0n) is 22.3. The second-order valence-corrected chi connectivity index (χ2v) is 8.75. The van der Waals surface area contributed by atoms with Crippen LogP contribution < -0.4 is 0 Å². The number of aromatic hydroxyl groups is 1. The summed E-state index contributed by atoms with van der Waals surface area (Å²) < 4.78 is 0. The summed E-state index contributed by atoms with van der Waals surface area (Å²) in [5, 5.41) is 22.3. The average Bonchev–Trinajstić information content (AvgIpc) is 2.92. The number of aliphatic imine (C=N–C) groups is 3. The number of hydrogen-bond donors (Lipinski definition) is 1. The molecule has 0 aliphatic carbocycles. The van der Waals surface area contributed by atoms with Crippen LogP contribution in [0.25, 0.3) is 0 Å². The van der Waals surface area contributed by atoms with Crippen molar-refractivity contribution in [3.05, 3.63) is 81.0 Å². The molecule has 39 heavy (non-hydrogen) atoms. The van der Waals surface area contributed by atoms with E-state index in [-0.39, 0.29) is 11.4 Å². The van der Waals surface area contributed by atoms with Crippen LogP contribution in [0.15, 0.2) is 56.6 Å². The lowest BCUT2D eigenvalue weighted by Gasteiger charge is -2.19. The Balaban J connectivity index is 1.62. The van der Waals surface area contributed by atoms with Crippen LogP contribution in [-0.2, 0) is 0 Å². The fourth-order valence-electron chi connectivity index (χ4n) is 3.56. The molecule has 11 nitrogen and oxygen atoms in total. The van der Waals surface area contributed by atoms with Gasteiger partial charge in [0.1, 0.15) is 28.9 Å². The van der Waals surface area contributed by atoms with E-state index in [2.05, 4.69) is 46.1 Å². The first-order chi connectivity index (χ1) is 18.9. The lowest BCUT2D eigenvalue weighted by molar-refractivity contribution is 0.298. The van der Waals surface area contributed by atoms with Gasteiger partial charge in [-0.1, -0.05) is 0 Å². The molecule has 3 rings (SSSR count). The van der Waals surface area contributed by atoms with Gasteiger partial charge in [0.2, 0.25) is 0 Å². The molecule has 0 fully saturated rings. The number of nitroso groups, excluding NO2 is 1. The Bertz CT molecular complexity index is 1410. The number of aryl methyl sites for hydroxylation is 3.